The van der Waals surface area contributed by atoms with Crippen LogP contribution in [-0.2, 0) is 35.8 Å². The van der Waals surface area contributed by atoms with Crippen molar-refractivity contribution in [1.29, 1.82) is 0 Å². The van der Waals surface area contributed by atoms with Crippen LogP contribution in [0.4, 0.5) is 13.2 Å². The summed E-state index contributed by atoms with van der Waals surface area (Å²) in [5, 5.41) is 9.82. The van der Waals surface area contributed by atoms with Crippen molar-refractivity contribution in [3.05, 3.63) is 65.7 Å². The van der Waals surface area contributed by atoms with Crippen molar-refractivity contribution in [3.8, 4) is 0 Å². The minimum Gasteiger partial charge on any atom is -0.475 e. The number of sulfonamides is 1. The van der Waals surface area contributed by atoms with Gasteiger partial charge >= 0.3 is 12.1 Å². The molecular weight excluding hydrogens is 581 g/mol. The number of ether oxygens (including phenoxy) is 1. The zero-order chi connectivity index (χ0) is 31.7. The smallest absolute Gasteiger partial charge is 0.475 e. The van der Waals surface area contributed by atoms with Gasteiger partial charge in [0.05, 0.1) is 23.6 Å². The van der Waals surface area contributed by atoms with Gasteiger partial charge in [-0.3, -0.25) is 9.59 Å². The van der Waals surface area contributed by atoms with Crippen LogP contribution >= 0.6 is 0 Å². The van der Waals surface area contributed by atoms with Crippen molar-refractivity contribution in [2.24, 2.45) is 5.73 Å². The average Bonchev–Trinajstić information content (AvgIpc) is 3.35. The molecule has 0 radical (unpaired) electrons. The highest BCUT2D eigenvalue weighted by molar-refractivity contribution is 7.89. The fourth-order valence-corrected chi connectivity index (χ4v) is 4.93. The van der Waals surface area contributed by atoms with Gasteiger partial charge in [-0.1, -0.05) is 48.0 Å². The Bertz CT molecular complexity index is 1320. The third kappa shape index (κ3) is 11.0. The first-order valence-corrected chi connectivity index (χ1v) is 14.3. The van der Waals surface area contributed by atoms with Crippen molar-refractivity contribution in [2.45, 2.75) is 62.5 Å². The van der Waals surface area contributed by atoms with Gasteiger partial charge in [-0.15, -0.1) is 0 Å². The van der Waals surface area contributed by atoms with E-state index in [1.165, 1.54) is 0 Å². The molecule has 5 N–H and O–H groups in total. The second-order valence-electron chi connectivity index (χ2n) is 10.3. The Morgan fingerprint density at radius 2 is 1.67 bits per heavy atom. The van der Waals surface area contributed by atoms with E-state index >= 15 is 0 Å². The maximum atomic E-state index is 13.3. The number of alkyl halides is 3. The topological polar surface area (TPSA) is 168 Å². The van der Waals surface area contributed by atoms with Gasteiger partial charge < -0.3 is 25.8 Å². The first-order valence-electron chi connectivity index (χ1n) is 12.8. The number of amides is 2. The van der Waals surface area contributed by atoms with Crippen LogP contribution in [0.25, 0.3) is 0 Å². The highest BCUT2D eigenvalue weighted by Gasteiger charge is 2.38. The molecule has 42 heavy (non-hydrogen) atoms. The van der Waals surface area contributed by atoms with Crippen LogP contribution < -0.4 is 15.8 Å². The first kappa shape index (κ1) is 34.7. The highest BCUT2D eigenvalue weighted by Crippen LogP contribution is 2.17. The Morgan fingerprint density at radius 1 is 1.10 bits per heavy atom. The van der Waals surface area contributed by atoms with Gasteiger partial charge in [0.15, 0.2) is 0 Å². The number of nitrogens with one attached hydrogen (secondary N) is 2. The lowest BCUT2D eigenvalue weighted by atomic mass is 10.1. The first-order chi connectivity index (χ1) is 19.4. The number of carbonyl (C=O) groups excluding carboxylic acids is 2. The molecule has 3 rings (SSSR count). The Kier molecular flexibility index (Phi) is 12.0. The third-order valence-corrected chi connectivity index (χ3v) is 7.52. The van der Waals surface area contributed by atoms with Crippen LogP contribution in [0.2, 0.25) is 0 Å². The number of likely N-dealkylation sites (tertiary alicyclic amines) is 1. The van der Waals surface area contributed by atoms with Crippen LogP contribution in [0.5, 0.6) is 0 Å². The van der Waals surface area contributed by atoms with Crippen LogP contribution in [0.3, 0.4) is 0 Å². The number of nitrogens with zero attached hydrogens (tertiary/aromatic N) is 1. The number of nitrogens with two attached hydrogens (primary N) is 1. The summed E-state index contributed by atoms with van der Waals surface area (Å²) in [6, 6.07) is 14.7. The molecule has 1 aliphatic rings. The number of rotatable bonds is 10. The molecule has 1 aliphatic heterocycles. The zero-order valence-corrected chi connectivity index (χ0v) is 24.2. The monoisotopic (exact) mass is 616 g/mol. The van der Waals surface area contributed by atoms with Crippen molar-refractivity contribution >= 4 is 27.8 Å². The van der Waals surface area contributed by atoms with Crippen molar-refractivity contribution in [1.82, 2.24) is 14.9 Å². The van der Waals surface area contributed by atoms with E-state index in [1.54, 1.807) is 43.0 Å². The number of carboxylic acids is 1. The summed E-state index contributed by atoms with van der Waals surface area (Å²) in [5.41, 5.74) is 6.63. The molecule has 1 heterocycles. The van der Waals surface area contributed by atoms with Crippen LogP contribution in [0.15, 0.2) is 59.5 Å². The van der Waals surface area contributed by atoms with Gasteiger partial charge in [-0.2, -0.15) is 13.2 Å². The van der Waals surface area contributed by atoms with Gasteiger partial charge in [-0.25, -0.2) is 17.9 Å². The Labute approximate surface area is 242 Å². The lowest BCUT2D eigenvalue weighted by Crippen LogP contribution is -2.57. The minimum atomic E-state index is -5.08. The molecule has 2 aromatic rings. The maximum absolute atomic E-state index is 13.3. The Balaban J connectivity index is 0.000000782. The molecule has 2 atom stereocenters. The SMILES string of the molecule is Cc1ccc(S(=O)(=O)NC2CCN(C(=O)C(COCc3ccccc3)NC(=O)C(C)(C)N)C2)cc1.O=C(O)C(F)(F)F. The summed E-state index contributed by atoms with van der Waals surface area (Å²) in [5.74, 6) is -3.57. The summed E-state index contributed by atoms with van der Waals surface area (Å²) in [7, 11) is -3.71. The van der Waals surface area contributed by atoms with Gasteiger partial charge in [0.2, 0.25) is 21.8 Å². The lowest BCUT2D eigenvalue weighted by molar-refractivity contribution is -0.192. The number of aliphatic carboxylic acids is 1. The molecule has 2 amide bonds. The summed E-state index contributed by atoms with van der Waals surface area (Å²) >= 11 is 0. The van der Waals surface area contributed by atoms with E-state index in [1.807, 2.05) is 37.3 Å². The van der Waals surface area contributed by atoms with Crippen molar-refractivity contribution < 1.29 is 45.8 Å². The minimum absolute atomic E-state index is 0.0359. The van der Waals surface area contributed by atoms with E-state index in [9.17, 15) is 31.2 Å². The molecular formula is C27H35F3N4O7S. The van der Waals surface area contributed by atoms with Crippen LogP contribution in [0, 0.1) is 6.92 Å². The largest absolute Gasteiger partial charge is 0.490 e. The van der Waals surface area contributed by atoms with E-state index in [0.717, 1.165) is 11.1 Å². The molecule has 1 saturated heterocycles. The van der Waals surface area contributed by atoms with Crippen molar-refractivity contribution in [3.63, 3.8) is 0 Å². The number of benzene rings is 2. The summed E-state index contributed by atoms with van der Waals surface area (Å²) in [6.07, 6.45) is -4.62. The molecule has 2 unspecified atom stereocenters. The Morgan fingerprint density at radius 3 is 2.19 bits per heavy atom. The maximum Gasteiger partial charge on any atom is 0.490 e. The molecule has 0 spiro atoms. The second kappa shape index (κ2) is 14.6. The molecule has 0 aromatic heterocycles. The normalized spacial score (nSPS) is 16.3. The van der Waals surface area contributed by atoms with Gasteiger partial charge in [0.1, 0.15) is 6.04 Å². The van der Waals surface area contributed by atoms with E-state index in [2.05, 4.69) is 10.0 Å². The van der Waals surface area contributed by atoms with E-state index in [-0.39, 0.29) is 30.6 Å². The summed E-state index contributed by atoms with van der Waals surface area (Å²) in [6.45, 7) is 5.80. The number of carbonyl (C=O) groups is 3. The third-order valence-electron chi connectivity index (χ3n) is 5.98. The number of hydrogen-bond donors (Lipinski definition) is 4. The molecule has 1 fully saturated rings. The molecule has 15 heteroatoms. The van der Waals surface area contributed by atoms with E-state index in [4.69, 9.17) is 20.4 Å². The number of carboxylic acid groups (broad SMARTS) is 1. The number of hydrogen-bond acceptors (Lipinski definition) is 7. The molecule has 0 bridgehead atoms. The molecule has 0 aliphatic carbocycles. The van der Waals surface area contributed by atoms with E-state index in [0.29, 0.717) is 13.0 Å². The Hall–Kier alpha value is -3.53. The quantitative estimate of drug-likeness (QED) is 0.314. The standard InChI is InChI=1S/C25H34N4O5S.C2HF3O2/c1-18-9-11-21(12-10-18)35(32,33)28-20-13-14-29(15-20)23(30)22(27-24(31)25(2,3)26)17-34-16-19-7-5-4-6-8-19;3-2(4,5)1(6)7/h4-12,20,22,28H,13-17,26H2,1-3H3,(H,27,31);(H,6,7). The molecule has 232 valence electrons. The fraction of sp³-hybridized carbons (Fsp3) is 0.444. The fourth-order valence-electron chi connectivity index (χ4n) is 3.67. The zero-order valence-electron chi connectivity index (χ0n) is 23.3. The van der Waals surface area contributed by atoms with Crippen molar-refractivity contribution in [2.75, 3.05) is 19.7 Å². The van der Waals surface area contributed by atoms with Gasteiger partial charge in [-0.05, 0) is 44.9 Å². The van der Waals surface area contributed by atoms with Crippen LogP contribution in [-0.4, -0.2) is 79.7 Å². The number of aryl methyl sites for hydroxylation is 1. The molecule has 2 aromatic carbocycles. The van der Waals surface area contributed by atoms with E-state index < -0.39 is 45.7 Å². The van der Waals surface area contributed by atoms with Gasteiger partial charge in [0.25, 0.3) is 0 Å². The van der Waals surface area contributed by atoms with Gasteiger partial charge in [0, 0.05) is 19.1 Å². The predicted octanol–water partition coefficient (Wildman–Crippen LogP) is 1.95. The van der Waals surface area contributed by atoms with Crippen LogP contribution in [0.1, 0.15) is 31.4 Å². The number of halogens is 3. The highest BCUT2D eigenvalue weighted by atomic mass is 32.2. The lowest BCUT2D eigenvalue weighted by Gasteiger charge is -2.27. The average molecular weight is 617 g/mol. The summed E-state index contributed by atoms with van der Waals surface area (Å²) < 4.78 is 65.6. The molecule has 0 saturated carbocycles. The predicted molar refractivity (Wildman–Crippen MR) is 146 cm³/mol. The molecule has 11 nitrogen and oxygen atoms in total. The second-order valence-corrected chi connectivity index (χ2v) is 12.0. The summed E-state index contributed by atoms with van der Waals surface area (Å²) in [4.78, 5) is 36.4.